The minimum atomic E-state index is -0.407. The van der Waals surface area contributed by atoms with Gasteiger partial charge in [0.1, 0.15) is 0 Å². The average Bonchev–Trinajstić information content (AvgIpc) is 2.55. The van der Waals surface area contributed by atoms with Crippen LogP contribution in [0.5, 0.6) is 0 Å². The average molecular weight is 312 g/mol. The first-order valence-electron chi connectivity index (χ1n) is 7.93. The molecule has 3 rings (SSSR count). The fraction of sp³-hybridized carbons (Fsp3) is 0.412. The SMILES string of the molecule is C[C@@H]1CCC[C@@H](C)C1=NNC(=O)c1n[nH]c(=O)c2ccccc12. The summed E-state index contributed by atoms with van der Waals surface area (Å²) < 4.78 is 0. The number of carbonyl (C=O) groups excluding carboxylic acids is 1. The highest BCUT2D eigenvalue weighted by Gasteiger charge is 2.23. The van der Waals surface area contributed by atoms with E-state index in [2.05, 4.69) is 34.6 Å². The summed E-state index contributed by atoms with van der Waals surface area (Å²) in [6.07, 6.45) is 3.39. The van der Waals surface area contributed by atoms with Crippen molar-refractivity contribution < 1.29 is 4.79 Å². The van der Waals surface area contributed by atoms with Crippen LogP contribution in [0.15, 0.2) is 34.2 Å². The number of rotatable bonds is 2. The maximum atomic E-state index is 12.4. The van der Waals surface area contributed by atoms with Gasteiger partial charge in [-0.25, -0.2) is 10.5 Å². The first-order valence-corrected chi connectivity index (χ1v) is 7.93. The molecule has 1 aromatic carbocycles. The van der Waals surface area contributed by atoms with E-state index in [1.165, 1.54) is 6.42 Å². The lowest BCUT2D eigenvalue weighted by Crippen LogP contribution is -2.30. The van der Waals surface area contributed by atoms with Crippen molar-refractivity contribution in [1.29, 1.82) is 0 Å². The summed E-state index contributed by atoms with van der Waals surface area (Å²) in [7, 11) is 0. The molecule has 1 heterocycles. The van der Waals surface area contributed by atoms with Crippen LogP contribution >= 0.6 is 0 Å². The Labute approximate surface area is 134 Å². The molecule has 6 nitrogen and oxygen atoms in total. The third kappa shape index (κ3) is 3.02. The predicted octanol–water partition coefficient (Wildman–Crippen LogP) is 2.47. The molecule has 120 valence electrons. The van der Waals surface area contributed by atoms with Crippen molar-refractivity contribution in [3.8, 4) is 0 Å². The number of hydrogen-bond donors (Lipinski definition) is 2. The zero-order chi connectivity index (χ0) is 16.4. The third-order valence-electron chi connectivity index (χ3n) is 4.48. The molecule has 0 unspecified atom stereocenters. The summed E-state index contributed by atoms with van der Waals surface area (Å²) in [4.78, 5) is 24.2. The molecule has 1 aliphatic carbocycles. The quantitative estimate of drug-likeness (QED) is 0.835. The van der Waals surface area contributed by atoms with E-state index in [-0.39, 0.29) is 11.3 Å². The zero-order valence-electron chi connectivity index (χ0n) is 13.3. The van der Waals surface area contributed by atoms with Crippen molar-refractivity contribution in [3.05, 3.63) is 40.3 Å². The van der Waals surface area contributed by atoms with E-state index in [1.54, 1.807) is 24.3 Å². The molecular weight excluding hydrogens is 292 g/mol. The molecule has 0 aliphatic heterocycles. The summed E-state index contributed by atoms with van der Waals surface area (Å²) in [6.45, 7) is 4.27. The van der Waals surface area contributed by atoms with Crippen LogP contribution in [0.1, 0.15) is 43.6 Å². The van der Waals surface area contributed by atoms with Gasteiger partial charge in [0.25, 0.3) is 11.5 Å². The molecule has 6 heteroatoms. The first kappa shape index (κ1) is 15.4. The molecule has 1 aromatic heterocycles. The van der Waals surface area contributed by atoms with Crippen molar-refractivity contribution in [2.75, 3.05) is 0 Å². The Bertz CT molecular complexity index is 813. The number of benzene rings is 1. The number of H-pyrrole nitrogens is 1. The molecule has 2 aromatic rings. The number of aromatic nitrogens is 2. The van der Waals surface area contributed by atoms with Gasteiger partial charge in [0, 0.05) is 11.1 Å². The Morgan fingerprint density at radius 3 is 2.57 bits per heavy atom. The molecule has 1 saturated carbocycles. The molecule has 2 atom stereocenters. The normalized spacial score (nSPS) is 21.2. The van der Waals surface area contributed by atoms with E-state index >= 15 is 0 Å². The lowest BCUT2D eigenvalue weighted by Gasteiger charge is -2.26. The van der Waals surface area contributed by atoms with Crippen LogP contribution in [0.2, 0.25) is 0 Å². The Kier molecular flexibility index (Phi) is 4.23. The van der Waals surface area contributed by atoms with E-state index in [0.29, 0.717) is 22.6 Å². The number of nitrogens with zero attached hydrogens (tertiary/aromatic N) is 2. The number of fused-ring (bicyclic) bond motifs is 1. The van der Waals surface area contributed by atoms with Gasteiger partial charge in [0.05, 0.1) is 5.39 Å². The van der Waals surface area contributed by atoms with Crippen molar-refractivity contribution in [1.82, 2.24) is 15.6 Å². The highest BCUT2D eigenvalue weighted by Crippen LogP contribution is 2.25. The standard InChI is InChI=1S/C17H20N4O2/c1-10-6-5-7-11(2)14(10)18-21-17(23)15-12-8-3-4-9-13(12)16(22)20-19-15/h3-4,8-11H,5-7H2,1-2H3,(H,20,22)(H,21,23)/t10-,11-/m1/s1. The van der Waals surface area contributed by atoms with Gasteiger partial charge >= 0.3 is 0 Å². The Balaban J connectivity index is 1.90. The maximum Gasteiger partial charge on any atom is 0.292 e. The lowest BCUT2D eigenvalue weighted by atomic mass is 9.81. The van der Waals surface area contributed by atoms with E-state index in [0.717, 1.165) is 18.6 Å². The number of aromatic amines is 1. The fourth-order valence-electron chi connectivity index (χ4n) is 3.19. The van der Waals surface area contributed by atoms with Gasteiger partial charge in [0.2, 0.25) is 0 Å². The van der Waals surface area contributed by atoms with Crippen LogP contribution in [0.25, 0.3) is 10.8 Å². The second-order valence-electron chi connectivity index (χ2n) is 6.16. The minimum Gasteiger partial charge on any atom is -0.267 e. The topological polar surface area (TPSA) is 87.2 Å². The van der Waals surface area contributed by atoms with Crippen LogP contribution in [0.3, 0.4) is 0 Å². The van der Waals surface area contributed by atoms with Crippen molar-refractivity contribution in [3.63, 3.8) is 0 Å². The fourth-order valence-corrected chi connectivity index (χ4v) is 3.19. The molecule has 0 saturated heterocycles. The summed E-state index contributed by atoms with van der Waals surface area (Å²) in [5.74, 6) is 0.341. The molecule has 1 fully saturated rings. The predicted molar refractivity (Wildman–Crippen MR) is 89.4 cm³/mol. The molecular formula is C17H20N4O2. The van der Waals surface area contributed by atoms with E-state index < -0.39 is 5.91 Å². The monoisotopic (exact) mass is 312 g/mol. The summed E-state index contributed by atoms with van der Waals surface area (Å²) >= 11 is 0. The van der Waals surface area contributed by atoms with Gasteiger partial charge in [-0.2, -0.15) is 10.2 Å². The van der Waals surface area contributed by atoms with Gasteiger partial charge in [-0.05, 0) is 30.7 Å². The van der Waals surface area contributed by atoms with Crippen LogP contribution in [0.4, 0.5) is 0 Å². The first-order chi connectivity index (χ1) is 11.1. The third-order valence-corrected chi connectivity index (χ3v) is 4.48. The molecule has 0 bridgehead atoms. The van der Waals surface area contributed by atoms with Gasteiger partial charge in [-0.1, -0.05) is 38.5 Å². The van der Waals surface area contributed by atoms with Crippen molar-refractivity contribution in [2.24, 2.45) is 16.9 Å². The van der Waals surface area contributed by atoms with Crippen molar-refractivity contribution >= 4 is 22.4 Å². The second kappa shape index (κ2) is 6.32. The van der Waals surface area contributed by atoms with Crippen molar-refractivity contribution in [2.45, 2.75) is 33.1 Å². The molecule has 23 heavy (non-hydrogen) atoms. The molecule has 2 N–H and O–H groups in total. The second-order valence-corrected chi connectivity index (χ2v) is 6.16. The molecule has 1 amide bonds. The van der Waals surface area contributed by atoms with E-state index in [9.17, 15) is 9.59 Å². The number of carbonyl (C=O) groups is 1. The smallest absolute Gasteiger partial charge is 0.267 e. The summed E-state index contributed by atoms with van der Waals surface area (Å²) in [5, 5.41) is 11.6. The van der Waals surface area contributed by atoms with Crippen LogP contribution in [-0.2, 0) is 0 Å². The number of nitrogens with one attached hydrogen (secondary N) is 2. The van der Waals surface area contributed by atoms with Gasteiger partial charge in [-0.3, -0.25) is 9.59 Å². The van der Waals surface area contributed by atoms with Crippen LogP contribution < -0.4 is 11.0 Å². The molecule has 0 spiro atoms. The zero-order valence-corrected chi connectivity index (χ0v) is 13.3. The number of hydrazone groups is 1. The number of hydrogen-bond acceptors (Lipinski definition) is 4. The van der Waals surface area contributed by atoms with E-state index in [1.807, 2.05) is 0 Å². The highest BCUT2D eigenvalue weighted by atomic mass is 16.2. The highest BCUT2D eigenvalue weighted by molar-refractivity contribution is 6.05. The van der Waals surface area contributed by atoms with Gasteiger partial charge in [0.15, 0.2) is 5.69 Å². The van der Waals surface area contributed by atoms with Gasteiger partial charge < -0.3 is 0 Å². The van der Waals surface area contributed by atoms with Crippen LogP contribution in [-0.4, -0.2) is 21.8 Å². The van der Waals surface area contributed by atoms with E-state index in [4.69, 9.17) is 0 Å². The Morgan fingerprint density at radius 1 is 1.22 bits per heavy atom. The van der Waals surface area contributed by atoms with Gasteiger partial charge in [-0.15, -0.1) is 0 Å². The summed E-state index contributed by atoms with van der Waals surface area (Å²) in [6, 6.07) is 6.91. The number of amides is 1. The maximum absolute atomic E-state index is 12.4. The largest absolute Gasteiger partial charge is 0.292 e. The van der Waals surface area contributed by atoms with Crippen LogP contribution in [0, 0.1) is 11.8 Å². The summed E-state index contributed by atoms with van der Waals surface area (Å²) in [5.41, 5.74) is 3.51. The molecule has 1 aliphatic rings. The Morgan fingerprint density at radius 2 is 1.87 bits per heavy atom. The lowest BCUT2D eigenvalue weighted by molar-refractivity contribution is 0.0950. The molecule has 0 radical (unpaired) electrons. The minimum absolute atomic E-state index is 0.181. The Hall–Kier alpha value is -2.50.